The summed E-state index contributed by atoms with van der Waals surface area (Å²) in [5, 5.41) is 13.9. The molecule has 7 nitrogen and oxygen atoms in total. The summed E-state index contributed by atoms with van der Waals surface area (Å²) in [4.78, 5) is 32.8. The first-order chi connectivity index (χ1) is 12.5. The summed E-state index contributed by atoms with van der Waals surface area (Å²) >= 11 is 0. The van der Waals surface area contributed by atoms with Crippen LogP contribution in [0.2, 0.25) is 0 Å². The van der Waals surface area contributed by atoms with Gasteiger partial charge in [0.1, 0.15) is 18.9 Å². The van der Waals surface area contributed by atoms with Crippen molar-refractivity contribution in [1.82, 2.24) is 20.6 Å². The molecular weight excluding hydrogens is 330 g/mol. The third-order valence-corrected chi connectivity index (χ3v) is 3.69. The number of carbonyl (C=O) groups excluding carboxylic acids is 2. The van der Waals surface area contributed by atoms with Gasteiger partial charge in [0.2, 0.25) is 5.91 Å². The van der Waals surface area contributed by atoms with E-state index >= 15 is 0 Å². The lowest BCUT2D eigenvalue weighted by molar-refractivity contribution is -0.123. The van der Waals surface area contributed by atoms with E-state index < -0.39 is 6.04 Å². The van der Waals surface area contributed by atoms with Gasteiger partial charge < -0.3 is 10.6 Å². The highest BCUT2D eigenvalue weighted by Gasteiger charge is 2.22. The molecule has 0 bridgehead atoms. The van der Waals surface area contributed by atoms with Crippen LogP contribution in [0.5, 0.6) is 0 Å². The monoisotopic (exact) mass is 351 g/mol. The Morgan fingerprint density at radius 3 is 2.58 bits per heavy atom. The molecular formula is C19H21N5O2. The Morgan fingerprint density at radius 1 is 1.19 bits per heavy atom. The summed E-state index contributed by atoms with van der Waals surface area (Å²) < 4.78 is 0. The zero-order chi connectivity index (χ0) is 18.9. The van der Waals surface area contributed by atoms with Crippen molar-refractivity contribution in [2.24, 2.45) is 5.92 Å². The Balaban J connectivity index is 2.16. The lowest BCUT2D eigenvalue weighted by atomic mass is 10.0. The third-order valence-electron chi connectivity index (χ3n) is 3.69. The van der Waals surface area contributed by atoms with Gasteiger partial charge in [0.05, 0.1) is 6.07 Å². The molecule has 0 aliphatic carbocycles. The van der Waals surface area contributed by atoms with Crippen molar-refractivity contribution < 1.29 is 9.59 Å². The van der Waals surface area contributed by atoms with Crippen LogP contribution in [0.3, 0.4) is 0 Å². The minimum atomic E-state index is -0.695. The summed E-state index contributed by atoms with van der Waals surface area (Å²) in [6.45, 7) is 3.84. The fraction of sp³-hybridized carbons (Fsp3) is 0.316. The average Bonchev–Trinajstić information content (AvgIpc) is 2.66. The second-order valence-corrected chi connectivity index (χ2v) is 6.24. The molecule has 26 heavy (non-hydrogen) atoms. The van der Waals surface area contributed by atoms with Crippen LogP contribution in [-0.4, -0.2) is 34.4 Å². The van der Waals surface area contributed by atoms with Crippen LogP contribution in [0.15, 0.2) is 43.0 Å². The molecule has 0 saturated heterocycles. The molecule has 7 heteroatoms. The average molecular weight is 351 g/mol. The maximum Gasteiger partial charge on any atom is 0.251 e. The number of nitrogens with zero attached hydrogens (tertiary/aromatic N) is 3. The fourth-order valence-corrected chi connectivity index (χ4v) is 2.48. The van der Waals surface area contributed by atoms with Gasteiger partial charge in [-0.15, -0.1) is 0 Å². The maximum absolute atomic E-state index is 12.6. The SMILES string of the molecule is CC(C)C[C@H](NC(=O)c1cccc(-c2cncnc2)c1)C(=O)NCC#N. The van der Waals surface area contributed by atoms with E-state index in [0.29, 0.717) is 12.0 Å². The normalized spacial score (nSPS) is 11.5. The molecule has 2 aromatic rings. The van der Waals surface area contributed by atoms with Crippen molar-refractivity contribution in [2.75, 3.05) is 6.54 Å². The van der Waals surface area contributed by atoms with E-state index in [1.807, 2.05) is 26.0 Å². The highest BCUT2D eigenvalue weighted by molar-refractivity contribution is 5.98. The fourth-order valence-electron chi connectivity index (χ4n) is 2.48. The number of nitrogens with one attached hydrogen (secondary N) is 2. The molecule has 1 aromatic heterocycles. The quantitative estimate of drug-likeness (QED) is 0.741. The maximum atomic E-state index is 12.6. The molecule has 0 saturated carbocycles. The summed E-state index contributed by atoms with van der Waals surface area (Å²) in [6, 6.07) is 8.21. The van der Waals surface area contributed by atoms with Crippen LogP contribution in [-0.2, 0) is 4.79 Å². The number of benzene rings is 1. The Morgan fingerprint density at radius 2 is 1.92 bits per heavy atom. The number of carbonyl (C=O) groups is 2. The topological polar surface area (TPSA) is 108 Å². The Hall–Kier alpha value is -3.27. The molecule has 0 radical (unpaired) electrons. The Bertz CT molecular complexity index is 799. The predicted molar refractivity (Wildman–Crippen MR) is 96.8 cm³/mol. The van der Waals surface area contributed by atoms with E-state index in [1.54, 1.807) is 30.6 Å². The van der Waals surface area contributed by atoms with Gasteiger partial charge in [0.15, 0.2) is 0 Å². The van der Waals surface area contributed by atoms with Gasteiger partial charge in [-0.05, 0) is 30.0 Å². The number of rotatable bonds is 7. The van der Waals surface area contributed by atoms with Crippen LogP contribution < -0.4 is 10.6 Å². The first-order valence-electron chi connectivity index (χ1n) is 8.32. The van der Waals surface area contributed by atoms with Gasteiger partial charge in [-0.25, -0.2) is 9.97 Å². The number of aromatic nitrogens is 2. The van der Waals surface area contributed by atoms with Gasteiger partial charge in [0.25, 0.3) is 5.91 Å². The summed E-state index contributed by atoms with van der Waals surface area (Å²) in [7, 11) is 0. The zero-order valence-corrected chi connectivity index (χ0v) is 14.8. The first kappa shape index (κ1) is 19.1. The summed E-state index contributed by atoms with van der Waals surface area (Å²) in [5.74, 6) is -0.497. The molecule has 0 unspecified atom stereocenters. The number of amides is 2. The third kappa shape index (κ3) is 5.38. The Labute approximate surface area is 152 Å². The largest absolute Gasteiger partial charge is 0.341 e. The van der Waals surface area contributed by atoms with E-state index in [0.717, 1.165) is 11.1 Å². The zero-order valence-electron chi connectivity index (χ0n) is 14.8. The van der Waals surface area contributed by atoms with Gasteiger partial charge in [-0.3, -0.25) is 9.59 Å². The molecule has 1 atom stereocenters. The lowest BCUT2D eigenvalue weighted by Crippen LogP contribution is -2.47. The molecule has 134 valence electrons. The number of hydrogen-bond donors (Lipinski definition) is 2. The lowest BCUT2D eigenvalue weighted by Gasteiger charge is -2.19. The van der Waals surface area contributed by atoms with E-state index in [1.165, 1.54) is 6.33 Å². The number of hydrogen-bond acceptors (Lipinski definition) is 5. The van der Waals surface area contributed by atoms with Crippen LogP contribution in [0.25, 0.3) is 11.1 Å². The van der Waals surface area contributed by atoms with Crippen molar-refractivity contribution >= 4 is 11.8 Å². The minimum Gasteiger partial charge on any atom is -0.341 e. The summed E-state index contributed by atoms with van der Waals surface area (Å²) in [6.07, 6.45) is 5.26. The van der Waals surface area contributed by atoms with Crippen molar-refractivity contribution in [3.05, 3.63) is 48.5 Å². The second-order valence-electron chi connectivity index (χ2n) is 6.24. The van der Waals surface area contributed by atoms with E-state index in [4.69, 9.17) is 5.26 Å². The minimum absolute atomic E-state index is 0.0905. The van der Waals surface area contributed by atoms with Crippen molar-refractivity contribution in [1.29, 1.82) is 5.26 Å². The molecule has 2 amide bonds. The predicted octanol–water partition coefficient (Wildman–Crippen LogP) is 1.93. The van der Waals surface area contributed by atoms with Crippen molar-refractivity contribution in [3.8, 4) is 17.2 Å². The van der Waals surface area contributed by atoms with Crippen LogP contribution in [0.1, 0.15) is 30.6 Å². The highest BCUT2D eigenvalue weighted by atomic mass is 16.2. The van der Waals surface area contributed by atoms with Crippen molar-refractivity contribution in [3.63, 3.8) is 0 Å². The van der Waals surface area contributed by atoms with Gasteiger partial charge >= 0.3 is 0 Å². The number of nitriles is 1. The smallest absolute Gasteiger partial charge is 0.251 e. The standard InChI is InChI=1S/C19H21N5O2/c1-13(2)8-17(19(26)23-7-6-20)24-18(25)15-5-3-4-14(9-15)16-10-21-12-22-11-16/h3-5,9-13,17H,7-8H2,1-2H3,(H,23,26)(H,24,25)/t17-/m0/s1. The van der Waals surface area contributed by atoms with Gasteiger partial charge in [-0.2, -0.15) is 5.26 Å². The first-order valence-corrected chi connectivity index (χ1v) is 8.32. The molecule has 1 heterocycles. The Kier molecular flexibility index (Phi) is 6.80. The molecule has 0 aliphatic heterocycles. The van der Waals surface area contributed by atoms with Gasteiger partial charge in [0, 0.05) is 23.5 Å². The van der Waals surface area contributed by atoms with E-state index in [-0.39, 0.29) is 24.3 Å². The highest BCUT2D eigenvalue weighted by Crippen LogP contribution is 2.18. The van der Waals surface area contributed by atoms with Crippen LogP contribution in [0, 0.1) is 17.2 Å². The molecule has 2 N–H and O–H groups in total. The second kappa shape index (κ2) is 9.28. The summed E-state index contributed by atoms with van der Waals surface area (Å²) in [5.41, 5.74) is 2.05. The van der Waals surface area contributed by atoms with Crippen LogP contribution >= 0.6 is 0 Å². The molecule has 0 fully saturated rings. The van der Waals surface area contributed by atoms with Crippen molar-refractivity contribution in [2.45, 2.75) is 26.3 Å². The molecule has 1 aromatic carbocycles. The van der Waals surface area contributed by atoms with Gasteiger partial charge in [-0.1, -0.05) is 26.0 Å². The molecule has 2 rings (SSSR count). The molecule has 0 aliphatic rings. The van der Waals surface area contributed by atoms with Crippen LogP contribution in [0.4, 0.5) is 0 Å². The van der Waals surface area contributed by atoms with E-state index in [2.05, 4.69) is 20.6 Å². The molecule has 0 spiro atoms. The van der Waals surface area contributed by atoms with E-state index in [9.17, 15) is 9.59 Å².